The number of nitrogens with one attached hydrogen (secondary N) is 1. The van der Waals surface area contributed by atoms with E-state index >= 15 is 0 Å². The number of aromatic amines is 1. The van der Waals surface area contributed by atoms with Gasteiger partial charge in [0, 0.05) is 17.1 Å². The number of hydrogen-bond donors (Lipinski definition) is 3. The van der Waals surface area contributed by atoms with E-state index in [2.05, 4.69) is 4.98 Å². The van der Waals surface area contributed by atoms with Crippen LogP contribution in [0.15, 0.2) is 30.5 Å². The summed E-state index contributed by atoms with van der Waals surface area (Å²) in [7, 11) is 0. The van der Waals surface area contributed by atoms with E-state index in [0.29, 0.717) is 5.84 Å². The van der Waals surface area contributed by atoms with E-state index in [-0.39, 0.29) is 0 Å². The van der Waals surface area contributed by atoms with Gasteiger partial charge < -0.3 is 4.98 Å². The third-order valence-electron chi connectivity index (χ3n) is 1.89. The highest BCUT2D eigenvalue weighted by atomic mass is 14.7. The second-order valence-electron chi connectivity index (χ2n) is 2.74. The minimum absolute atomic E-state index is 0.359. The number of hydrogen-bond acceptors (Lipinski definition) is 0. The summed E-state index contributed by atoms with van der Waals surface area (Å²) >= 11 is 0. The zero-order valence-electron chi connectivity index (χ0n) is 6.54. The van der Waals surface area contributed by atoms with E-state index in [1.165, 1.54) is 0 Å². The van der Waals surface area contributed by atoms with Gasteiger partial charge in [-0.1, -0.05) is 0 Å². The first kappa shape index (κ1) is 6.91. The number of benzene rings is 1. The summed E-state index contributed by atoms with van der Waals surface area (Å²) in [6, 6.07) is 7.81. The molecule has 0 fully saturated rings. The van der Waals surface area contributed by atoms with Gasteiger partial charge in [0.1, 0.15) is 0 Å². The molecular formula is C9H10N3+. The molecule has 0 unspecified atom stereocenters. The van der Waals surface area contributed by atoms with E-state index in [9.17, 15) is 0 Å². The van der Waals surface area contributed by atoms with E-state index in [0.717, 1.165) is 16.5 Å². The first-order chi connectivity index (χ1) is 5.77. The fourth-order valence-corrected chi connectivity index (χ4v) is 1.23. The van der Waals surface area contributed by atoms with Crippen molar-refractivity contribution >= 4 is 16.7 Å². The van der Waals surface area contributed by atoms with Gasteiger partial charge in [-0.15, -0.1) is 0 Å². The smallest absolute Gasteiger partial charge is 0.270 e. The van der Waals surface area contributed by atoms with Crippen molar-refractivity contribution in [2.24, 2.45) is 5.73 Å². The molecule has 0 amide bonds. The third kappa shape index (κ3) is 0.955. The standard InChI is InChI=1S/C9H9N3/c10-9(11)7-1-2-8-6(5-7)3-4-12-8/h1-5,12H,(H3,10,11)/p+1. The second kappa shape index (κ2) is 2.37. The molecule has 0 aliphatic rings. The fraction of sp³-hybridized carbons (Fsp3) is 0. The molecule has 1 aromatic carbocycles. The van der Waals surface area contributed by atoms with Crippen molar-refractivity contribution in [1.29, 1.82) is 0 Å². The fourth-order valence-electron chi connectivity index (χ4n) is 1.23. The molecule has 5 N–H and O–H groups in total. The van der Waals surface area contributed by atoms with Crippen molar-refractivity contribution in [1.82, 2.24) is 4.98 Å². The van der Waals surface area contributed by atoms with Gasteiger partial charge in [-0.3, -0.25) is 11.1 Å². The summed E-state index contributed by atoms with van der Waals surface area (Å²) in [5.41, 5.74) is 7.43. The second-order valence-corrected chi connectivity index (χ2v) is 2.74. The number of fused-ring (bicyclic) bond motifs is 1. The quantitative estimate of drug-likeness (QED) is 0.387. The molecule has 0 aliphatic heterocycles. The number of nitrogens with two attached hydrogens (primary N) is 2. The minimum atomic E-state index is 0.359. The number of aromatic nitrogens is 1. The zero-order valence-corrected chi connectivity index (χ0v) is 6.54. The first-order valence-electron chi connectivity index (χ1n) is 3.73. The largest absolute Gasteiger partial charge is 0.361 e. The molecule has 0 saturated heterocycles. The molecule has 1 heterocycles. The van der Waals surface area contributed by atoms with Gasteiger partial charge in [0.05, 0.1) is 5.56 Å². The van der Waals surface area contributed by atoms with Crippen LogP contribution in [0.4, 0.5) is 0 Å². The monoisotopic (exact) mass is 160 g/mol. The van der Waals surface area contributed by atoms with Crippen LogP contribution in [0.25, 0.3) is 10.9 Å². The molecule has 0 bridgehead atoms. The summed E-state index contributed by atoms with van der Waals surface area (Å²) < 4.78 is 0. The molecule has 60 valence electrons. The molecule has 12 heavy (non-hydrogen) atoms. The maximum absolute atomic E-state index is 5.46. The van der Waals surface area contributed by atoms with Gasteiger partial charge in [0.15, 0.2) is 0 Å². The van der Waals surface area contributed by atoms with Gasteiger partial charge in [0.25, 0.3) is 5.84 Å². The Morgan fingerprint density at radius 1 is 1.33 bits per heavy atom. The minimum Gasteiger partial charge on any atom is -0.361 e. The van der Waals surface area contributed by atoms with Crippen LogP contribution in [-0.4, -0.2) is 10.8 Å². The normalized spacial score (nSPS) is 10.3. The predicted molar refractivity (Wildman–Crippen MR) is 48.5 cm³/mol. The average Bonchev–Trinajstić information content (AvgIpc) is 2.49. The lowest BCUT2D eigenvalue weighted by Crippen LogP contribution is -2.46. The maximum Gasteiger partial charge on any atom is 0.270 e. The summed E-state index contributed by atoms with van der Waals surface area (Å²) in [6.07, 6.45) is 1.89. The van der Waals surface area contributed by atoms with E-state index < -0.39 is 0 Å². The zero-order chi connectivity index (χ0) is 8.55. The highest BCUT2D eigenvalue weighted by Crippen LogP contribution is 2.12. The maximum atomic E-state index is 5.46. The predicted octanol–water partition coefficient (Wildman–Crippen LogP) is -0.368. The Hall–Kier alpha value is -1.77. The Balaban J connectivity index is 2.68. The number of amidine groups is 1. The Morgan fingerprint density at radius 3 is 2.92 bits per heavy atom. The molecule has 0 spiro atoms. The molecule has 0 aliphatic carbocycles. The number of rotatable bonds is 1. The van der Waals surface area contributed by atoms with Crippen LogP contribution in [0.1, 0.15) is 5.56 Å². The van der Waals surface area contributed by atoms with Crippen molar-refractivity contribution in [2.75, 3.05) is 0 Å². The van der Waals surface area contributed by atoms with E-state index in [4.69, 9.17) is 11.1 Å². The van der Waals surface area contributed by atoms with Gasteiger partial charge >= 0.3 is 0 Å². The summed E-state index contributed by atoms with van der Waals surface area (Å²) in [5.74, 6) is 0.359. The van der Waals surface area contributed by atoms with Crippen LogP contribution in [-0.2, 0) is 0 Å². The lowest BCUT2D eigenvalue weighted by atomic mass is 10.1. The summed E-state index contributed by atoms with van der Waals surface area (Å²) in [4.78, 5) is 3.09. The van der Waals surface area contributed by atoms with Crippen LogP contribution in [0.3, 0.4) is 0 Å². The Labute approximate surface area is 69.7 Å². The van der Waals surface area contributed by atoms with Crippen LogP contribution in [0.5, 0.6) is 0 Å². The topological polar surface area (TPSA) is 67.4 Å². The Bertz CT molecular complexity index is 428. The molecule has 2 rings (SSSR count). The van der Waals surface area contributed by atoms with Crippen LogP contribution in [0.2, 0.25) is 0 Å². The average molecular weight is 160 g/mol. The Morgan fingerprint density at radius 2 is 2.17 bits per heavy atom. The first-order valence-corrected chi connectivity index (χ1v) is 3.73. The summed E-state index contributed by atoms with van der Waals surface area (Å²) in [5, 5.41) is 6.58. The van der Waals surface area contributed by atoms with Gasteiger partial charge in [-0.25, -0.2) is 0 Å². The highest BCUT2D eigenvalue weighted by Gasteiger charge is 2.02. The van der Waals surface area contributed by atoms with Gasteiger partial charge in [-0.05, 0) is 24.3 Å². The molecule has 3 nitrogen and oxygen atoms in total. The van der Waals surface area contributed by atoms with Crippen LogP contribution >= 0.6 is 0 Å². The van der Waals surface area contributed by atoms with Crippen LogP contribution < -0.4 is 11.1 Å². The lowest BCUT2D eigenvalue weighted by Gasteiger charge is -1.93. The van der Waals surface area contributed by atoms with Crippen molar-refractivity contribution in [3.8, 4) is 0 Å². The van der Waals surface area contributed by atoms with Gasteiger partial charge in [0.2, 0.25) is 0 Å². The molecule has 3 heteroatoms. The van der Waals surface area contributed by atoms with E-state index in [1.54, 1.807) is 0 Å². The SMILES string of the molecule is NC(=[NH2+])c1ccc2[nH]ccc2c1. The molecular weight excluding hydrogens is 150 g/mol. The lowest BCUT2D eigenvalue weighted by molar-refractivity contribution is -0.114. The van der Waals surface area contributed by atoms with E-state index in [1.807, 2.05) is 30.5 Å². The summed E-state index contributed by atoms with van der Waals surface area (Å²) in [6.45, 7) is 0. The third-order valence-corrected chi connectivity index (χ3v) is 1.89. The van der Waals surface area contributed by atoms with Crippen molar-refractivity contribution in [3.05, 3.63) is 36.0 Å². The molecule has 1 aromatic heterocycles. The molecule has 0 radical (unpaired) electrons. The number of H-pyrrole nitrogens is 1. The van der Waals surface area contributed by atoms with Gasteiger partial charge in [-0.2, -0.15) is 0 Å². The van der Waals surface area contributed by atoms with Crippen molar-refractivity contribution in [3.63, 3.8) is 0 Å². The van der Waals surface area contributed by atoms with Crippen molar-refractivity contribution in [2.45, 2.75) is 0 Å². The molecule has 0 saturated carbocycles. The molecule has 0 atom stereocenters. The molecule has 2 aromatic rings. The Kier molecular flexibility index (Phi) is 1.37. The highest BCUT2D eigenvalue weighted by molar-refractivity contribution is 5.96. The van der Waals surface area contributed by atoms with Crippen LogP contribution in [0, 0.1) is 0 Å². The van der Waals surface area contributed by atoms with Crippen molar-refractivity contribution < 1.29 is 5.41 Å².